The zero-order chi connectivity index (χ0) is 14.4. The molecule has 0 radical (unpaired) electrons. The van der Waals surface area contributed by atoms with Crippen LogP contribution in [0.15, 0.2) is 6.07 Å². The van der Waals surface area contributed by atoms with E-state index in [-0.39, 0.29) is 6.04 Å². The highest BCUT2D eigenvalue weighted by molar-refractivity contribution is 6.32. The van der Waals surface area contributed by atoms with Crippen molar-refractivity contribution in [2.45, 2.75) is 32.2 Å². The summed E-state index contributed by atoms with van der Waals surface area (Å²) in [7, 11) is 4.74. The van der Waals surface area contributed by atoms with E-state index < -0.39 is 0 Å². The fourth-order valence-electron chi connectivity index (χ4n) is 2.04. The lowest BCUT2D eigenvalue weighted by Crippen LogP contribution is -2.14. The molecule has 5 heteroatoms. The van der Waals surface area contributed by atoms with Crippen molar-refractivity contribution in [1.29, 1.82) is 0 Å². The quantitative estimate of drug-likeness (QED) is 0.837. The molecular weight excluding hydrogens is 266 g/mol. The predicted octanol–water partition coefficient (Wildman–Crippen LogP) is 3.04. The number of ether oxygens (including phenoxy) is 3. The van der Waals surface area contributed by atoms with Crippen molar-refractivity contribution in [3.05, 3.63) is 16.7 Å². The molecule has 0 bridgehead atoms. The number of aryl methyl sites for hydroxylation is 1. The molecule has 0 aliphatic heterocycles. The van der Waals surface area contributed by atoms with Crippen molar-refractivity contribution in [3.63, 3.8) is 0 Å². The first-order valence-corrected chi connectivity index (χ1v) is 6.65. The SMILES string of the molecule is COc1c(Cl)cc(CCCC(C)N)c(OC)c1OC. The lowest BCUT2D eigenvalue weighted by Gasteiger charge is -2.17. The highest BCUT2D eigenvalue weighted by atomic mass is 35.5. The molecule has 2 N–H and O–H groups in total. The van der Waals surface area contributed by atoms with Crippen LogP contribution in [0, 0.1) is 0 Å². The number of hydrogen-bond donors (Lipinski definition) is 1. The summed E-state index contributed by atoms with van der Waals surface area (Å²) in [6, 6.07) is 2.06. The summed E-state index contributed by atoms with van der Waals surface area (Å²) in [4.78, 5) is 0. The average Bonchev–Trinajstić information content (AvgIpc) is 2.37. The Morgan fingerprint density at radius 3 is 2.16 bits per heavy atom. The number of benzene rings is 1. The van der Waals surface area contributed by atoms with E-state index in [0.717, 1.165) is 24.8 Å². The van der Waals surface area contributed by atoms with Crippen LogP contribution in [0.1, 0.15) is 25.3 Å². The summed E-state index contributed by atoms with van der Waals surface area (Å²) in [5.41, 5.74) is 6.76. The maximum atomic E-state index is 6.20. The summed E-state index contributed by atoms with van der Waals surface area (Å²) >= 11 is 6.20. The van der Waals surface area contributed by atoms with Gasteiger partial charge < -0.3 is 19.9 Å². The Kier molecular flexibility index (Phi) is 6.25. The van der Waals surface area contributed by atoms with Crippen molar-refractivity contribution in [2.24, 2.45) is 5.73 Å². The van der Waals surface area contributed by atoms with Crippen LogP contribution in [0.4, 0.5) is 0 Å². The van der Waals surface area contributed by atoms with Gasteiger partial charge in [0.15, 0.2) is 11.5 Å². The second-order valence-electron chi connectivity index (χ2n) is 4.49. The van der Waals surface area contributed by atoms with Crippen LogP contribution >= 0.6 is 11.6 Å². The van der Waals surface area contributed by atoms with Crippen LogP contribution in [0.25, 0.3) is 0 Å². The van der Waals surface area contributed by atoms with Gasteiger partial charge in [-0.3, -0.25) is 0 Å². The second-order valence-corrected chi connectivity index (χ2v) is 4.89. The summed E-state index contributed by atoms with van der Waals surface area (Å²) < 4.78 is 16.0. The van der Waals surface area contributed by atoms with E-state index in [0.29, 0.717) is 22.3 Å². The normalized spacial score (nSPS) is 12.1. The fraction of sp³-hybridized carbons (Fsp3) is 0.571. The largest absolute Gasteiger partial charge is 0.492 e. The van der Waals surface area contributed by atoms with Crippen molar-refractivity contribution in [3.8, 4) is 17.2 Å². The Morgan fingerprint density at radius 2 is 1.68 bits per heavy atom. The minimum absolute atomic E-state index is 0.196. The fourth-order valence-corrected chi connectivity index (χ4v) is 2.34. The van der Waals surface area contributed by atoms with E-state index in [9.17, 15) is 0 Å². The predicted molar refractivity (Wildman–Crippen MR) is 77.7 cm³/mol. The molecule has 0 saturated carbocycles. The van der Waals surface area contributed by atoms with Gasteiger partial charge in [0.1, 0.15) is 0 Å². The minimum Gasteiger partial charge on any atom is -0.492 e. The van der Waals surface area contributed by atoms with Crippen molar-refractivity contribution in [2.75, 3.05) is 21.3 Å². The topological polar surface area (TPSA) is 53.7 Å². The molecule has 19 heavy (non-hydrogen) atoms. The molecule has 0 heterocycles. The molecule has 108 valence electrons. The summed E-state index contributed by atoms with van der Waals surface area (Å²) in [5, 5.41) is 0.524. The van der Waals surface area contributed by atoms with Crippen LogP contribution in [-0.4, -0.2) is 27.4 Å². The molecule has 1 atom stereocenters. The molecule has 1 aromatic carbocycles. The molecule has 1 unspecified atom stereocenters. The standard InChI is InChI=1S/C14H22ClNO3/c1-9(16)6-5-7-10-8-11(15)13(18-3)14(19-4)12(10)17-2/h8-9H,5-7,16H2,1-4H3. The average molecular weight is 288 g/mol. The second kappa shape index (κ2) is 7.46. The molecule has 0 spiro atoms. The molecule has 0 fully saturated rings. The first kappa shape index (κ1) is 15.9. The number of methoxy groups -OCH3 is 3. The maximum absolute atomic E-state index is 6.20. The third-order valence-corrected chi connectivity index (χ3v) is 3.22. The van der Waals surface area contributed by atoms with Gasteiger partial charge in [-0.25, -0.2) is 0 Å². The zero-order valence-corrected chi connectivity index (χ0v) is 12.7. The van der Waals surface area contributed by atoms with E-state index in [4.69, 9.17) is 31.5 Å². The third kappa shape index (κ3) is 3.91. The van der Waals surface area contributed by atoms with E-state index in [2.05, 4.69) is 0 Å². The number of nitrogens with two attached hydrogens (primary N) is 1. The van der Waals surface area contributed by atoms with Gasteiger partial charge in [-0.15, -0.1) is 0 Å². The maximum Gasteiger partial charge on any atom is 0.205 e. The van der Waals surface area contributed by atoms with Crippen LogP contribution in [0.5, 0.6) is 17.2 Å². The Balaban J connectivity index is 3.06. The summed E-state index contributed by atoms with van der Waals surface area (Å²) in [6.07, 6.45) is 2.76. The van der Waals surface area contributed by atoms with Crippen molar-refractivity contribution in [1.82, 2.24) is 0 Å². The molecule has 0 amide bonds. The lowest BCUT2D eigenvalue weighted by atomic mass is 10.0. The van der Waals surface area contributed by atoms with Gasteiger partial charge in [-0.2, -0.15) is 0 Å². The van der Waals surface area contributed by atoms with Crippen LogP contribution in [0.3, 0.4) is 0 Å². The van der Waals surface area contributed by atoms with Crippen LogP contribution in [0.2, 0.25) is 5.02 Å². The van der Waals surface area contributed by atoms with E-state index in [1.54, 1.807) is 21.3 Å². The molecule has 1 aromatic rings. The zero-order valence-electron chi connectivity index (χ0n) is 12.0. The Labute approximate surface area is 119 Å². The third-order valence-electron chi connectivity index (χ3n) is 2.94. The van der Waals surface area contributed by atoms with Crippen LogP contribution < -0.4 is 19.9 Å². The Bertz CT molecular complexity index is 422. The lowest BCUT2D eigenvalue weighted by molar-refractivity contribution is 0.322. The highest BCUT2D eigenvalue weighted by Gasteiger charge is 2.19. The number of halogens is 1. The van der Waals surface area contributed by atoms with Crippen molar-refractivity contribution < 1.29 is 14.2 Å². The molecule has 4 nitrogen and oxygen atoms in total. The molecule has 1 rings (SSSR count). The minimum atomic E-state index is 0.196. The monoisotopic (exact) mass is 287 g/mol. The van der Waals surface area contributed by atoms with Gasteiger partial charge in [-0.1, -0.05) is 11.6 Å². The number of hydrogen-bond acceptors (Lipinski definition) is 4. The van der Waals surface area contributed by atoms with Gasteiger partial charge in [0.2, 0.25) is 5.75 Å². The smallest absolute Gasteiger partial charge is 0.205 e. The molecule has 0 aliphatic rings. The van der Waals surface area contributed by atoms with Crippen molar-refractivity contribution >= 4 is 11.6 Å². The summed E-state index contributed by atoms with van der Waals surface area (Å²) in [5.74, 6) is 1.71. The van der Waals surface area contributed by atoms with E-state index >= 15 is 0 Å². The molecular formula is C14H22ClNO3. The summed E-state index contributed by atoms with van der Waals surface area (Å²) in [6.45, 7) is 2.00. The molecule has 0 saturated heterocycles. The van der Waals surface area contributed by atoms with E-state index in [1.807, 2.05) is 13.0 Å². The van der Waals surface area contributed by atoms with Crippen LogP contribution in [-0.2, 0) is 6.42 Å². The van der Waals surface area contributed by atoms with Gasteiger partial charge in [0, 0.05) is 6.04 Å². The molecule has 0 aliphatic carbocycles. The van der Waals surface area contributed by atoms with Gasteiger partial charge in [-0.05, 0) is 37.8 Å². The van der Waals surface area contributed by atoms with E-state index in [1.165, 1.54) is 0 Å². The highest BCUT2D eigenvalue weighted by Crippen LogP contribution is 2.45. The Morgan fingerprint density at radius 1 is 1.11 bits per heavy atom. The van der Waals surface area contributed by atoms with Gasteiger partial charge >= 0.3 is 0 Å². The first-order valence-electron chi connectivity index (χ1n) is 6.28. The first-order chi connectivity index (χ1) is 9.04. The van der Waals surface area contributed by atoms with Gasteiger partial charge in [0.25, 0.3) is 0 Å². The number of rotatable bonds is 7. The molecule has 0 aromatic heterocycles. The Hall–Kier alpha value is -1.13. The van der Waals surface area contributed by atoms with Gasteiger partial charge in [0.05, 0.1) is 26.4 Å².